The van der Waals surface area contributed by atoms with Crippen LogP contribution in [0.4, 0.5) is 0 Å². The minimum atomic E-state index is -0.357. The fourth-order valence-electron chi connectivity index (χ4n) is 2.37. The molecule has 3 rings (SSSR count). The van der Waals surface area contributed by atoms with Crippen LogP contribution < -0.4 is 0 Å². The number of hydrogen-bond donors (Lipinski definition) is 0. The molecule has 106 valence electrons. The number of aromatic nitrogens is 1. The lowest BCUT2D eigenvalue weighted by atomic mass is 10.0. The normalized spacial score (nSPS) is 10.8. The summed E-state index contributed by atoms with van der Waals surface area (Å²) in [7, 11) is 0. The Hall–Kier alpha value is -2.20. The number of carbonyl (C=O) groups is 1. The van der Waals surface area contributed by atoms with E-state index in [1.165, 1.54) is 11.3 Å². The maximum Gasteiger partial charge on any atom is 0.358 e. The van der Waals surface area contributed by atoms with E-state index in [0.717, 1.165) is 26.2 Å². The molecule has 3 aromatic rings. The standard InChI is InChI=1S/C17H15NO2S/c1-3-20-17(19)15-16(21-11(2)18-15)14-10-6-8-12-7-4-5-9-13(12)14/h4-10H,3H2,1-2H3. The van der Waals surface area contributed by atoms with Crippen molar-refractivity contribution in [2.24, 2.45) is 0 Å². The molecule has 0 fully saturated rings. The van der Waals surface area contributed by atoms with Gasteiger partial charge in [-0.05, 0) is 24.6 Å². The number of nitrogens with zero attached hydrogens (tertiary/aromatic N) is 1. The summed E-state index contributed by atoms with van der Waals surface area (Å²) in [6, 6.07) is 14.2. The highest BCUT2D eigenvalue weighted by molar-refractivity contribution is 7.15. The molecular formula is C17H15NO2S. The van der Waals surface area contributed by atoms with Crippen molar-refractivity contribution in [3.63, 3.8) is 0 Å². The van der Waals surface area contributed by atoms with Gasteiger partial charge in [-0.1, -0.05) is 42.5 Å². The second kappa shape index (κ2) is 5.66. The Morgan fingerprint density at radius 2 is 1.95 bits per heavy atom. The van der Waals surface area contributed by atoms with Gasteiger partial charge in [-0.3, -0.25) is 0 Å². The van der Waals surface area contributed by atoms with Crippen molar-refractivity contribution in [1.29, 1.82) is 0 Å². The molecule has 0 aliphatic heterocycles. The molecular weight excluding hydrogens is 282 g/mol. The van der Waals surface area contributed by atoms with E-state index in [9.17, 15) is 4.79 Å². The smallest absolute Gasteiger partial charge is 0.358 e. The molecule has 0 atom stereocenters. The zero-order valence-electron chi connectivity index (χ0n) is 11.9. The summed E-state index contributed by atoms with van der Waals surface area (Å²) < 4.78 is 5.12. The van der Waals surface area contributed by atoms with Crippen molar-refractivity contribution in [2.45, 2.75) is 13.8 Å². The van der Waals surface area contributed by atoms with Crippen LogP contribution in [0, 0.1) is 6.92 Å². The van der Waals surface area contributed by atoms with Crippen molar-refractivity contribution < 1.29 is 9.53 Å². The lowest BCUT2D eigenvalue weighted by Crippen LogP contribution is -2.06. The van der Waals surface area contributed by atoms with Crippen LogP contribution in [0.5, 0.6) is 0 Å². The van der Waals surface area contributed by atoms with E-state index in [0.29, 0.717) is 12.3 Å². The van der Waals surface area contributed by atoms with E-state index in [1.54, 1.807) is 6.92 Å². The van der Waals surface area contributed by atoms with Crippen molar-refractivity contribution in [3.05, 3.63) is 53.2 Å². The predicted molar refractivity (Wildman–Crippen MR) is 85.7 cm³/mol. The molecule has 0 amide bonds. The fourth-order valence-corrected chi connectivity index (χ4v) is 3.32. The Bertz CT molecular complexity index is 802. The highest BCUT2D eigenvalue weighted by Gasteiger charge is 2.20. The molecule has 0 spiro atoms. The zero-order valence-corrected chi connectivity index (χ0v) is 12.7. The summed E-state index contributed by atoms with van der Waals surface area (Å²) in [5, 5.41) is 3.13. The maximum atomic E-state index is 12.1. The number of ether oxygens (including phenoxy) is 1. The van der Waals surface area contributed by atoms with Gasteiger partial charge in [-0.2, -0.15) is 0 Å². The number of carbonyl (C=O) groups excluding carboxylic acids is 1. The minimum Gasteiger partial charge on any atom is -0.461 e. The second-order valence-corrected chi connectivity index (χ2v) is 5.86. The van der Waals surface area contributed by atoms with Crippen LogP contribution in [0.3, 0.4) is 0 Å². The average Bonchev–Trinajstić information content (AvgIpc) is 2.89. The molecule has 0 N–H and O–H groups in total. The number of aryl methyl sites for hydroxylation is 1. The summed E-state index contributed by atoms with van der Waals surface area (Å²) >= 11 is 1.52. The fraction of sp³-hybridized carbons (Fsp3) is 0.176. The topological polar surface area (TPSA) is 39.2 Å². The SMILES string of the molecule is CCOC(=O)c1nc(C)sc1-c1cccc2ccccc12. The van der Waals surface area contributed by atoms with Crippen LogP contribution in [-0.2, 0) is 4.74 Å². The number of esters is 1. The summed E-state index contributed by atoms with van der Waals surface area (Å²) in [6.45, 7) is 4.06. The van der Waals surface area contributed by atoms with E-state index in [2.05, 4.69) is 23.2 Å². The Labute approximate surface area is 127 Å². The van der Waals surface area contributed by atoms with Crippen LogP contribution in [0.1, 0.15) is 22.4 Å². The number of benzene rings is 2. The molecule has 3 nitrogen and oxygen atoms in total. The number of thiazole rings is 1. The van der Waals surface area contributed by atoms with E-state index in [1.807, 2.05) is 31.2 Å². The highest BCUT2D eigenvalue weighted by Crippen LogP contribution is 2.35. The highest BCUT2D eigenvalue weighted by atomic mass is 32.1. The van der Waals surface area contributed by atoms with Gasteiger partial charge in [0.05, 0.1) is 16.5 Å². The summed E-state index contributed by atoms with van der Waals surface area (Å²) in [5.74, 6) is -0.357. The van der Waals surface area contributed by atoms with E-state index in [-0.39, 0.29) is 5.97 Å². The van der Waals surface area contributed by atoms with Gasteiger partial charge in [0.15, 0.2) is 5.69 Å². The Morgan fingerprint density at radius 1 is 1.19 bits per heavy atom. The minimum absolute atomic E-state index is 0.352. The van der Waals surface area contributed by atoms with Crippen LogP contribution in [0.15, 0.2) is 42.5 Å². The van der Waals surface area contributed by atoms with Gasteiger partial charge in [0.2, 0.25) is 0 Å². The van der Waals surface area contributed by atoms with Crippen LogP contribution in [-0.4, -0.2) is 17.6 Å². The van der Waals surface area contributed by atoms with E-state index >= 15 is 0 Å². The molecule has 2 aromatic carbocycles. The zero-order chi connectivity index (χ0) is 14.8. The molecule has 0 radical (unpaired) electrons. The van der Waals surface area contributed by atoms with Gasteiger partial charge in [-0.25, -0.2) is 9.78 Å². The number of hydrogen-bond acceptors (Lipinski definition) is 4. The Morgan fingerprint density at radius 3 is 2.76 bits per heavy atom. The lowest BCUT2D eigenvalue weighted by Gasteiger charge is -2.06. The molecule has 4 heteroatoms. The summed E-state index contributed by atoms with van der Waals surface area (Å²) in [4.78, 5) is 17.3. The maximum absolute atomic E-state index is 12.1. The molecule has 0 saturated carbocycles. The van der Waals surface area contributed by atoms with Crippen LogP contribution >= 0.6 is 11.3 Å². The molecule has 0 aliphatic carbocycles. The lowest BCUT2D eigenvalue weighted by molar-refractivity contribution is 0.0521. The van der Waals surface area contributed by atoms with Crippen molar-refractivity contribution in [3.8, 4) is 10.4 Å². The Kier molecular flexibility index (Phi) is 3.71. The monoisotopic (exact) mass is 297 g/mol. The molecule has 0 aliphatic rings. The van der Waals surface area contributed by atoms with Gasteiger partial charge in [-0.15, -0.1) is 11.3 Å². The first-order valence-corrected chi connectivity index (χ1v) is 7.65. The third-order valence-corrected chi connectivity index (χ3v) is 4.24. The molecule has 0 unspecified atom stereocenters. The third kappa shape index (κ3) is 2.54. The Balaban J connectivity index is 2.21. The van der Waals surface area contributed by atoms with Gasteiger partial charge >= 0.3 is 5.97 Å². The molecule has 21 heavy (non-hydrogen) atoms. The van der Waals surface area contributed by atoms with Crippen molar-refractivity contribution in [1.82, 2.24) is 4.98 Å². The summed E-state index contributed by atoms with van der Waals surface area (Å²) in [5.41, 5.74) is 1.44. The van der Waals surface area contributed by atoms with Crippen molar-refractivity contribution >= 4 is 28.1 Å². The molecule has 0 bridgehead atoms. The molecule has 1 aromatic heterocycles. The third-order valence-electron chi connectivity index (χ3n) is 3.24. The van der Waals surface area contributed by atoms with Crippen LogP contribution in [0.2, 0.25) is 0 Å². The first-order chi connectivity index (χ1) is 10.2. The largest absolute Gasteiger partial charge is 0.461 e. The average molecular weight is 297 g/mol. The van der Waals surface area contributed by atoms with Gasteiger partial charge in [0.1, 0.15) is 0 Å². The predicted octanol–water partition coefficient (Wildman–Crippen LogP) is 4.45. The van der Waals surface area contributed by atoms with Gasteiger partial charge in [0, 0.05) is 5.56 Å². The van der Waals surface area contributed by atoms with Crippen LogP contribution in [0.25, 0.3) is 21.2 Å². The molecule has 1 heterocycles. The quantitative estimate of drug-likeness (QED) is 0.670. The van der Waals surface area contributed by atoms with Gasteiger partial charge in [0.25, 0.3) is 0 Å². The van der Waals surface area contributed by atoms with Gasteiger partial charge < -0.3 is 4.74 Å². The van der Waals surface area contributed by atoms with E-state index in [4.69, 9.17) is 4.74 Å². The van der Waals surface area contributed by atoms with E-state index < -0.39 is 0 Å². The summed E-state index contributed by atoms with van der Waals surface area (Å²) in [6.07, 6.45) is 0. The number of fused-ring (bicyclic) bond motifs is 1. The van der Waals surface area contributed by atoms with Crippen molar-refractivity contribution in [2.75, 3.05) is 6.61 Å². The second-order valence-electron chi connectivity index (χ2n) is 4.66. The number of rotatable bonds is 3. The molecule has 0 saturated heterocycles. The first-order valence-electron chi connectivity index (χ1n) is 6.83. The first kappa shape index (κ1) is 13.8.